The number of aliphatic carboxylic acids is 1. The fraction of sp³-hybridized carbons (Fsp3) is 0.273. The molecular formula is C11H13ClN2O3S. The Morgan fingerprint density at radius 1 is 1.39 bits per heavy atom. The van der Waals surface area contributed by atoms with Gasteiger partial charge in [0.15, 0.2) is 0 Å². The molecule has 0 spiro atoms. The van der Waals surface area contributed by atoms with Crippen molar-refractivity contribution in [3.63, 3.8) is 0 Å². The first-order valence-electron chi connectivity index (χ1n) is 5.10. The molecule has 1 atom stereocenters. The molecule has 0 saturated heterocycles. The summed E-state index contributed by atoms with van der Waals surface area (Å²) >= 11 is 6.95. The van der Waals surface area contributed by atoms with E-state index in [1.165, 1.54) is 11.8 Å². The molecule has 7 heteroatoms. The SMILES string of the molecule is N[C@@H](CSCNC(=O)c1ccc(Cl)cc1)C(=O)O. The van der Waals surface area contributed by atoms with Crippen LogP contribution < -0.4 is 11.1 Å². The number of benzene rings is 1. The number of halogens is 1. The Hall–Kier alpha value is -1.24. The number of carbonyl (C=O) groups is 2. The molecule has 0 aliphatic carbocycles. The average molecular weight is 289 g/mol. The lowest BCUT2D eigenvalue weighted by Gasteiger charge is -2.07. The van der Waals surface area contributed by atoms with Crippen molar-refractivity contribution >= 4 is 35.2 Å². The summed E-state index contributed by atoms with van der Waals surface area (Å²) in [5.41, 5.74) is 5.82. The van der Waals surface area contributed by atoms with Crippen LogP contribution in [0.3, 0.4) is 0 Å². The largest absolute Gasteiger partial charge is 0.480 e. The minimum Gasteiger partial charge on any atom is -0.480 e. The molecule has 1 aromatic rings. The number of carbonyl (C=O) groups excluding carboxylic acids is 1. The minimum atomic E-state index is -1.05. The van der Waals surface area contributed by atoms with Gasteiger partial charge in [-0.3, -0.25) is 9.59 Å². The van der Waals surface area contributed by atoms with Gasteiger partial charge in [-0.2, -0.15) is 0 Å². The molecule has 1 amide bonds. The van der Waals surface area contributed by atoms with Crippen LogP contribution in [0.15, 0.2) is 24.3 Å². The van der Waals surface area contributed by atoms with E-state index in [9.17, 15) is 9.59 Å². The lowest BCUT2D eigenvalue weighted by molar-refractivity contribution is -0.137. The highest BCUT2D eigenvalue weighted by Gasteiger charge is 2.11. The van der Waals surface area contributed by atoms with Gasteiger partial charge in [-0.05, 0) is 24.3 Å². The van der Waals surface area contributed by atoms with Crippen LogP contribution in [-0.2, 0) is 4.79 Å². The second kappa shape index (κ2) is 7.25. The summed E-state index contributed by atoms with van der Waals surface area (Å²) in [6, 6.07) is 5.58. The zero-order chi connectivity index (χ0) is 13.5. The summed E-state index contributed by atoms with van der Waals surface area (Å²) in [5, 5.41) is 11.8. The maximum Gasteiger partial charge on any atom is 0.321 e. The van der Waals surface area contributed by atoms with Crippen LogP contribution in [0.5, 0.6) is 0 Å². The Bertz CT molecular complexity index is 425. The Labute approximate surface area is 114 Å². The van der Waals surface area contributed by atoms with Gasteiger partial charge < -0.3 is 16.2 Å². The first kappa shape index (κ1) is 14.8. The van der Waals surface area contributed by atoms with Gasteiger partial charge in [0.2, 0.25) is 0 Å². The van der Waals surface area contributed by atoms with Crippen molar-refractivity contribution in [1.82, 2.24) is 5.32 Å². The van der Waals surface area contributed by atoms with Crippen LogP contribution in [-0.4, -0.2) is 34.7 Å². The molecule has 1 rings (SSSR count). The highest BCUT2D eigenvalue weighted by molar-refractivity contribution is 7.99. The second-order valence-corrected chi connectivity index (χ2v) is 4.94. The van der Waals surface area contributed by atoms with Gasteiger partial charge in [-0.25, -0.2) is 0 Å². The molecule has 0 heterocycles. The third-order valence-corrected chi connectivity index (χ3v) is 3.25. The van der Waals surface area contributed by atoms with E-state index in [-0.39, 0.29) is 11.7 Å². The number of rotatable bonds is 6. The number of nitrogens with two attached hydrogens (primary N) is 1. The Kier molecular flexibility index (Phi) is 5.97. The Morgan fingerprint density at radius 2 is 2.00 bits per heavy atom. The maximum atomic E-state index is 11.6. The quantitative estimate of drug-likeness (QED) is 0.540. The number of thioether (sulfide) groups is 1. The Balaban J connectivity index is 2.29. The summed E-state index contributed by atoms with van der Waals surface area (Å²) in [4.78, 5) is 22.1. The van der Waals surface area contributed by atoms with Crippen molar-refractivity contribution < 1.29 is 14.7 Å². The van der Waals surface area contributed by atoms with E-state index in [1.807, 2.05) is 0 Å². The van der Waals surface area contributed by atoms with Crippen LogP contribution >= 0.6 is 23.4 Å². The number of amides is 1. The van der Waals surface area contributed by atoms with E-state index in [0.29, 0.717) is 16.5 Å². The molecule has 0 saturated carbocycles. The zero-order valence-corrected chi connectivity index (χ0v) is 11.0. The number of hydrogen-bond donors (Lipinski definition) is 3. The normalized spacial score (nSPS) is 11.9. The van der Waals surface area contributed by atoms with Crippen molar-refractivity contribution in [2.75, 3.05) is 11.6 Å². The lowest BCUT2D eigenvalue weighted by atomic mass is 10.2. The monoisotopic (exact) mass is 288 g/mol. The highest BCUT2D eigenvalue weighted by Crippen LogP contribution is 2.09. The fourth-order valence-electron chi connectivity index (χ4n) is 1.08. The third kappa shape index (κ3) is 4.95. The highest BCUT2D eigenvalue weighted by atomic mass is 35.5. The minimum absolute atomic E-state index is 0.233. The van der Waals surface area contributed by atoms with Gasteiger partial charge in [0, 0.05) is 16.3 Å². The van der Waals surface area contributed by atoms with Crippen LogP contribution in [0.4, 0.5) is 0 Å². The van der Waals surface area contributed by atoms with Gasteiger partial charge in [0.25, 0.3) is 5.91 Å². The second-order valence-electron chi connectivity index (χ2n) is 3.47. The van der Waals surface area contributed by atoms with E-state index < -0.39 is 12.0 Å². The molecule has 98 valence electrons. The first-order valence-corrected chi connectivity index (χ1v) is 6.64. The van der Waals surface area contributed by atoms with Gasteiger partial charge in [0.05, 0.1) is 5.88 Å². The van der Waals surface area contributed by atoms with Gasteiger partial charge in [-0.15, -0.1) is 11.8 Å². The predicted molar refractivity (Wildman–Crippen MR) is 71.9 cm³/mol. The van der Waals surface area contributed by atoms with E-state index in [2.05, 4.69) is 5.32 Å². The summed E-state index contributed by atoms with van der Waals surface area (Å²) in [7, 11) is 0. The third-order valence-electron chi connectivity index (χ3n) is 2.06. The predicted octanol–water partition coefficient (Wildman–Crippen LogP) is 1.17. The summed E-state index contributed by atoms with van der Waals surface area (Å²) in [6.07, 6.45) is 0. The number of carboxylic acid groups (broad SMARTS) is 1. The van der Waals surface area contributed by atoms with Crippen molar-refractivity contribution in [3.05, 3.63) is 34.9 Å². The van der Waals surface area contributed by atoms with E-state index in [1.54, 1.807) is 24.3 Å². The summed E-state index contributed by atoms with van der Waals surface area (Å²) in [6.45, 7) is 0. The Morgan fingerprint density at radius 3 is 2.56 bits per heavy atom. The summed E-state index contributed by atoms with van der Waals surface area (Å²) in [5.74, 6) is -0.729. The molecule has 4 N–H and O–H groups in total. The summed E-state index contributed by atoms with van der Waals surface area (Å²) < 4.78 is 0. The van der Waals surface area contributed by atoms with Crippen LogP contribution in [0.25, 0.3) is 0 Å². The molecular weight excluding hydrogens is 276 g/mol. The lowest BCUT2D eigenvalue weighted by Crippen LogP contribution is -2.33. The molecule has 0 aromatic heterocycles. The number of carboxylic acids is 1. The van der Waals surface area contributed by atoms with Crippen LogP contribution in [0.2, 0.25) is 5.02 Å². The van der Waals surface area contributed by atoms with Crippen LogP contribution in [0.1, 0.15) is 10.4 Å². The molecule has 0 fully saturated rings. The van der Waals surface area contributed by atoms with Crippen molar-refractivity contribution in [2.45, 2.75) is 6.04 Å². The van der Waals surface area contributed by atoms with E-state index in [0.717, 1.165) is 0 Å². The van der Waals surface area contributed by atoms with E-state index >= 15 is 0 Å². The van der Waals surface area contributed by atoms with Crippen molar-refractivity contribution in [3.8, 4) is 0 Å². The molecule has 0 radical (unpaired) electrons. The maximum absolute atomic E-state index is 11.6. The van der Waals surface area contributed by atoms with E-state index in [4.69, 9.17) is 22.4 Å². The topological polar surface area (TPSA) is 92.4 Å². The molecule has 18 heavy (non-hydrogen) atoms. The van der Waals surface area contributed by atoms with Gasteiger partial charge in [0.1, 0.15) is 6.04 Å². The number of nitrogens with one attached hydrogen (secondary N) is 1. The standard InChI is InChI=1S/C11H13ClN2O3S/c12-8-3-1-7(2-4-8)10(15)14-6-18-5-9(13)11(16)17/h1-4,9H,5-6,13H2,(H,14,15)(H,16,17)/t9-/m0/s1. The van der Waals surface area contributed by atoms with Crippen LogP contribution in [0, 0.1) is 0 Å². The van der Waals surface area contributed by atoms with Crippen molar-refractivity contribution in [2.24, 2.45) is 5.73 Å². The first-order chi connectivity index (χ1) is 8.50. The zero-order valence-electron chi connectivity index (χ0n) is 9.43. The molecule has 0 unspecified atom stereocenters. The molecule has 5 nitrogen and oxygen atoms in total. The molecule has 0 aliphatic rings. The number of hydrogen-bond acceptors (Lipinski definition) is 4. The molecule has 0 bridgehead atoms. The average Bonchev–Trinajstić information content (AvgIpc) is 2.34. The van der Waals surface area contributed by atoms with Gasteiger partial charge >= 0.3 is 5.97 Å². The molecule has 0 aliphatic heterocycles. The van der Waals surface area contributed by atoms with Crippen molar-refractivity contribution in [1.29, 1.82) is 0 Å². The van der Waals surface area contributed by atoms with Gasteiger partial charge in [-0.1, -0.05) is 11.6 Å². The molecule has 1 aromatic carbocycles. The fourth-order valence-corrected chi connectivity index (χ4v) is 1.95. The smallest absolute Gasteiger partial charge is 0.321 e.